The summed E-state index contributed by atoms with van der Waals surface area (Å²) >= 11 is 0. The van der Waals surface area contributed by atoms with Crippen LogP contribution in [-0.2, 0) is 21.9 Å². The van der Waals surface area contributed by atoms with Crippen molar-refractivity contribution in [3.05, 3.63) is 36.8 Å². The largest absolute Gasteiger partial charge is 0.339 e. The SMILES string of the molecule is C[C@H]1CC(=O)Nc2ccccc2N1S(=O)(=O)c1cn(C)cn1. The highest BCUT2D eigenvalue weighted by Gasteiger charge is 2.35. The van der Waals surface area contributed by atoms with Gasteiger partial charge in [0.1, 0.15) is 0 Å². The van der Waals surface area contributed by atoms with Gasteiger partial charge in [0.05, 0.1) is 23.7 Å². The third-order valence-corrected chi connectivity index (χ3v) is 5.32. The van der Waals surface area contributed by atoms with Gasteiger partial charge in [-0.1, -0.05) is 12.1 Å². The zero-order valence-electron chi connectivity index (χ0n) is 12.2. The van der Waals surface area contributed by atoms with Gasteiger partial charge in [0, 0.05) is 19.7 Å². The number of carbonyl (C=O) groups excluding carboxylic acids is 1. The lowest BCUT2D eigenvalue weighted by Gasteiger charge is -2.28. The van der Waals surface area contributed by atoms with Crippen molar-refractivity contribution >= 4 is 27.3 Å². The van der Waals surface area contributed by atoms with Crippen molar-refractivity contribution in [1.82, 2.24) is 9.55 Å². The molecule has 1 atom stereocenters. The molecule has 0 saturated carbocycles. The number of benzene rings is 1. The zero-order valence-corrected chi connectivity index (χ0v) is 13.0. The summed E-state index contributed by atoms with van der Waals surface area (Å²) in [7, 11) is -2.14. The highest BCUT2D eigenvalue weighted by Crippen LogP contribution is 2.35. The highest BCUT2D eigenvalue weighted by atomic mass is 32.2. The van der Waals surface area contributed by atoms with Crippen LogP contribution in [0, 0.1) is 0 Å². The molecule has 0 spiro atoms. The van der Waals surface area contributed by atoms with Crippen molar-refractivity contribution in [3.63, 3.8) is 0 Å². The summed E-state index contributed by atoms with van der Waals surface area (Å²) in [5.41, 5.74) is 0.933. The molecule has 7 nitrogen and oxygen atoms in total. The summed E-state index contributed by atoms with van der Waals surface area (Å²) in [6.45, 7) is 1.71. The van der Waals surface area contributed by atoms with Gasteiger partial charge in [-0.25, -0.2) is 4.98 Å². The maximum Gasteiger partial charge on any atom is 0.283 e. The van der Waals surface area contributed by atoms with Crippen LogP contribution in [0.2, 0.25) is 0 Å². The first kappa shape index (κ1) is 14.6. The number of hydrogen-bond donors (Lipinski definition) is 1. The molecule has 1 aromatic carbocycles. The Kier molecular flexibility index (Phi) is 3.40. The first-order valence-corrected chi connectivity index (χ1v) is 8.25. The van der Waals surface area contributed by atoms with Crippen LogP contribution in [0.3, 0.4) is 0 Å². The van der Waals surface area contributed by atoms with Gasteiger partial charge in [-0.15, -0.1) is 0 Å². The Hall–Kier alpha value is -2.35. The molecule has 1 aromatic heterocycles. The van der Waals surface area contributed by atoms with Crippen LogP contribution < -0.4 is 9.62 Å². The van der Waals surface area contributed by atoms with Crippen LogP contribution in [0.5, 0.6) is 0 Å². The van der Waals surface area contributed by atoms with Gasteiger partial charge < -0.3 is 9.88 Å². The number of fused-ring (bicyclic) bond motifs is 1. The number of anilines is 2. The standard InChI is InChI=1S/C14H16N4O3S/c1-10-7-13(19)16-11-5-3-4-6-12(11)18(10)22(20,21)14-8-17(2)9-15-14/h3-6,8-10H,7H2,1-2H3,(H,16,19)/t10-/m0/s1. The molecule has 1 aliphatic rings. The molecule has 1 amide bonds. The molecule has 2 aromatic rings. The normalized spacial score (nSPS) is 18.5. The Labute approximate surface area is 128 Å². The molecule has 0 radical (unpaired) electrons. The Morgan fingerprint density at radius 3 is 2.73 bits per heavy atom. The van der Waals surface area contributed by atoms with E-state index in [4.69, 9.17) is 0 Å². The van der Waals surface area contributed by atoms with E-state index in [9.17, 15) is 13.2 Å². The maximum absolute atomic E-state index is 12.9. The summed E-state index contributed by atoms with van der Waals surface area (Å²) in [6, 6.07) is 6.35. The van der Waals surface area contributed by atoms with E-state index < -0.39 is 16.1 Å². The van der Waals surface area contributed by atoms with Crippen molar-refractivity contribution in [2.45, 2.75) is 24.4 Å². The molecular weight excluding hydrogens is 304 g/mol. The number of carbonyl (C=O) groups is 1. The second-order valence-electron chi connectivity index (χ2n) is 5.30. The van der Waals surface area contributed by atoms with E-state index in [1.165, 1.54) is 16.8 Å². The lowest BCUT2D eigenvalue weighted by molar-refractivity contribution is -0.116. The Morgan fingerprint density at radius 2 is 2.05 bits per heavy atom. The summed E-state index contributed by atoms with van der Waals surface area (Å²) in [5.74, 6) is -0.210. The molecule has 1 aliphatic heterocycles. The first-order chi connectivity index (χ1) is 10.4. The number of nitrogens with zero attached hydrogens (tertiary/aromatic N) is 3. The van der Waals surface area contributed by atoms with E-state index in [1.54, 1.807) is 42.8 Å². The predicted octanol–water partition coefficient (Wildman–Crippen LogP) is 1.35. The molecule has 1 N–H and O–H groups in total. The summed E-state index contributed by atoms with van der Waals surface area (Å²) < 4.78 is 28.7. The van der Waals surface area contributed by atoms with E-state index in [1.807, 2.05) is 0 Å². The summed E-state index contributed by atoms with van der Waals surface area (Å²) in [5, 5.41) is 2.70. The molecule has 0 fully saturated rings. The zero-order chi connectivity index (χ0) is 15.9. The third-order valence-electron chi connectivity index (χ3n) is 3.50. The van der Waals surface area contributed by atoms with Crippen molar-refractivity contribution in [3.8, 4) is 0 Å². The molecule has 0 bridgehead atoms. The number of aryl methyl sites for hydroxylation is 1. The van der Waals surface area contributed by atoms with Gasteiger partial charge in [0.15, 0.2) is 5.03 Å². The lowest BCUT2D eigenvalue weighted by Crippen LogP contribution is -2.39. The van der Waals surface area contributed by atoms with Gasteiger partial charge in [-0.05, 0) is 19.1 Å². The number of hydrogen-bond acceptors (Lipinski definition) is 4. The number of rotatable bonds is 2. The fourth-order valence-electron chi connectivity index (χ4n) is 2.55. The molecule has 2 heterocycles. The van der Waals surface area contributed by atoms with Crippen LogP contribution >= 0.6 is 0 Å². The second-order valence-corrected chi connectivity index (χ2v) is 7.06. The molecule has 0 saturated heterocycles. The summed E-state index contributed by atoms with van der Waals surface area (Å²) in [4.78, 5) is 15.9. The predicted molar refractivity (Wildman–Crippen MR) is 82.0 cm³/mol. The number of amides is 1. The molecule has 3 rings (SSSR count). The molecule has 0 aliphatic carbocycles. The molecule has 116 valence electrons. The van der Waals surface area contributed by atoms with Crippen LogP contribution in [0.25, 0.3) is 0 Å². The Morgan fingerprint density at radius 1 is 1.32 bits per heavy atom. The number of imidazole rings is 1. The minimum atomic E-state index is -3.84. The van der Waals surface area contributed by atoms with Crippen molar-refractivity contribution in [1.29, 1.82) is 0 Å². The minimum absolute atomic E-state index is 0.0361. The topological polar surface area (TPSA) is 84.3 Å². The quantitative estimate of drug-likeness (QED) is 0.905. The third kappa shape index (κ3) is 2.35. The second kappa shape index (κ2) is 5.13. The lowest BCUT2D eigenvalue weighted by atomic mass is 10.2. The van der Waals surface area contributed by atoms with Gasteiger partial charge in [-0.2, -0.15) is 8.42 Å². The van der Waals surface area contributed by atoms with Gasteiger partial charge in [-0.3, -0.25) is 9.10 Å². The molecule has 0 unspecified atom stereocenters. The highest BCUT2D eigenvalue weighted by molar-refractivity contribution is 7.92. The fraction of sp³-hybridized carbons (Fsp3) is 0.286. The minimum Gasteiger partial charge on any atom is -0.339 e. The van der Waals surface area contributed by atoms with Crippen LogP contribution in [0.15, 0.2) is 41.8 Å². The van der Waals surface area contributed by atoms with Gasteiger partial charge in [0.25, 0.3) is 10.0 Å². The number of para-hydroxylation sites is 2. The van der Waals surface area contributed by atoms with Crippen LogP contribution in [-0.4, -0.2) is 29.9 Å². The molecule has 8 heteroatoms. The monoisotopic (exact) mass is 320 g/mol. The number of aromatic nitrogens is 2. The first-order valence-electron chi connectivity index (χ1n) is 6.81. The van der Waals surface area contributed by atoms with Crippen LogP contribution in [0.1, 0.15) is 13.3 Å². The Bertz CT molecular complexity index is 828. The smallest absolute Gasteiger partial charge is 0.283 e. The van der Waals surface area contributed by atoms with Crippen molar-refractivity contribution < 1.29 is 13.2 Å². The van der Waals surface area contributed by atoms with E-state index in [0.29, 0.717) is 11.4 Å². The van der Waals surface area contributed by atoms with Crippen LogP contribution in [0.4, 0.5) is 11.4 Å². The average molecular weight is 320 g/mol. The van der Waals surface area contributed by atoms with Gasteiger partial charge in [0.2, 0.25) is 5.91 Å². The average Bonchev–Trinajstić information content (AvgIpc) is 2.82. The van der Waals surface area contributed by atoms with E-state index >= 15 is 0 Å². The summed E-state index contributed by atoms with van der Waals surface area (Å²) in [6.07, 6.45) is 2.97. The fourth-order valence-corrected chi connectivity index (χ4v) is 4.20. The van der Waals surface area contributed by atoms with Crippen molar-refractivity contribution in [2.24, 2.45) is 7.05 Å². The number of nitrogens with one attached hydrogen (secondary N) is 1. The van der Waals surface area contributed by atoms with E-state index in [0.717, 1.165) is 0 Å². The molecular formula is C14H16N4O3S. The maximum atomic E-state index is 12.9. The number of sulfonamides is 1. The molecule has 22 heavy (non-hydrogen) atoms. The van der Waals surface area contributed by atoms with E-state index in [-0.39, 0.29) is 17.4 Å². The van der Waals surface area contributed by atoms with E-state index in [2.05, 4.69) is 10.3 Å². The van der Waals surface area contributed by atoms with Crippen molar-refractivity contribution in [2.75, 3.05) is 9.62 Å². The Balaban J connectivity index is 2.18. The van der Waals surface area contributed by atoms with Gasteiger partial charge >= 0.3 is 0 Å².